The van der Waals surface area contributed by atoms with Crippen LogP contribution in [0.4, 0.5) is 29.2 Å². The van der Waals surface area contributed by atoms with Crippen molar-refractivity contribution in [1.29, 1.82) is 0 Å². The highest BCUT2D eigenvalue weighted by Gasteiger charge is 2.29. The summed E-state index contributed by atoms with van der Waals surface area (Å²) in [5, 5.41) is 13.7. The van der Waals surface area contributed by atoms with Crippen molar-refractivity contribution < 1.29 is 13.5 Å². The molecular formula is C26H38ClN11O3S. The van der Waals surface area contributed by atoms with E-state index in [2.05, 4.69) is 20.0 Å². The number of aromatic hydroxyl groups is 1. The zero-order chi connectivity index (χ0) is 29.1. The highest BCUT2D eigenvalue weighted by atomic mass is 35.5. The van der Waals surface area contributed by atoms with Gasteiger partial charge in [-0.3, -0.25) is 4.72 Å². The number of hydrogen-bond donors (Lipinski definition) is 7. The normalized spacial score (nSPS) is 22.8. The summed E-state index contributed by atoms with van der Waals surface area (Å²) in [7, 11) is -3.75. The Balaban J connectivity index is 0.00000405. The first-order valence-corrected chi connectivity index (χ1v) is 15.1. The van der Waals surface area contributed by atoms with Gasteiger partial charge in [0.1, 0.15) is 5.75 Å². The van der Waals surface area contributed by atoms with E-state index < -0.39 is 10.0 Å². The predicted molar refractivity (Wildman–Crippen MR) is 167 cm³/mol. The molecule has 16 heteroatoms. The summed E-state index contributed by atoms with van der Waals surface area (Å²) in [5.74, 6) is 0.553. The van der Waals surface area contributed by atoms with Crippen molar-refractivity contribution >= 4 is 51.7 Å². The second-order valence-electron chi connectivity index (χ2n) is 10.8. The van der Waals surface area contributed by atoms with Gasteiger partial charge in [0.2, 0.25) is 27.9 Å². The Kier molecular flexibility index (Phi) is 9.91. The lowest BCUT2D eigenvalue weighted by Gasteiger charge is -2.37. The minimum absolute atomic E-state index is 0. The molecule has 5 rings (SSSR count). The Bertz CT molecular complexity index is 1400. The maximum atomic E-state index is 12.7. The minimum atomic E-state index is -3.75. The molecular weight excluding hydrogens is 582 g/mol. The highest BCUT2D eigenvalue weighted by molar-refractivity contribution is 7.91. The molecule has 2 aliphatic heterocycles. The summed E-state index contributed by atoms with van der Waals surface area (Å²) < 4.78 is 27.8. The molecule has 0 amide bonds. The highest BCUT2D eigenvalue weighted by Crippen LogP contribution is 2.30. The van der Waals surface area contributed by atoms with Crippen LogP contribution in [0, 0.1) is 0 Å². The van der Waals surface area contributed by atoms with Crippen LogP contribution in [0.2, 0.25) is 0 Å². The number of piperidine rings is 2. The van der Waals surface area contributed by atoms with Crippen LogP contribution in [-0.4, -0.2) is 78.8 Å². The molecule has 14 nitrogen and oxygen atoms in total. The first kappa shape index (κ1) is 31.5. The van der Waals surface area contributed by atoms with Gasteiger partial charge in [-0.1, -0.05) is 30.3 Å². The zero-order valence-corrected chi connectivity index (χ0v) is 24.6. The van der Waals surface area contributed by atoms with Crippen LogP contribution in [0.5, 0.6) is 5.75 Å². The average Bonchev–Trinajstić information content (AvgIpc) is 2.89. The number of sulfonamides is 1. The Morgan fingerprint density at radius 3 is 1.83 bits per heavy atom. The summed E-state index contributed by atoms with van der Waals surface area (Å²) in [6.45, 7) is 2.14. The molecule has 3 heterocycles. The first-order valence-electron chi connectivity index (χ1n) is 13.5. The third-order valence-corrected chi connectivity index (χ3v) is 8.17. The number of halogens is 1. The van der Waals surface area contributed by atoms with Crippen molar-refractivity contribution in [1.82, 2.24) is 15.0 Å². The van der Waals surface area contributed by atoms with Crippen LogP contribution in [0.3, 0.4) is 0 Å². The molecule has 4 atom stereocenters. The third kappa shape index (κ3) is 8.08. The van der Waals surface area contributed by atoms with E-state index in [1.807, 2.05) is 15.9 Å². The predicted octanol–water partition coefficient (Wildman–Crippen LogP) is 0.414. The molecule has 1 aromatic heterocycles. The largest absolute Gasteiger partial charge is 0.506 e. The van der Waals surface area contributed by atoms with Crippen LogP contribution >= 0.6 is 12.4 Å². The molecule has 0 radical (unpaired) electrons. The quantitative estimate of drug-likeness (QED) is 0.170. The smallest absolute Gasteiger partial charge is 0.237 e. The van der Waals surface area contributed by atoms with E-state index in [0.29, 0.717) is 62.2 Å². The summed E-state index contributed by atoms with van der Waals surface area (Å²) in [6, 6.07) is 12.8. The van der Waals surface area contributed by atoms with E-state index in [1.54, 1.807) is 30.3 Å². The van der Waals surface area contributed by atoms with Crippen LogP contribution in [0.25, 0.3) is 0 Å². The molecule has 0 saturated carbocycles. The van der Waals surface area contributed by atoms with Crippen LogP contribution in [0.1, 0.15) is 18.4 Å². The van der Waals surface area contributed by atoms with Crippen LogP contribution in [-0.2, 0) is 15.8 Å². The number of phenolic OH excluding ortho intramolecular Hbond substituents is 1. The SMILES string of the molecule is Cl.N[C@@H]1C[C@H](N)CN(c2nc(Nc3ccc(NS(=O)(=O)Cc4ccccc4)c(O)c3)nc(N3C[C@H](N)C[C@H](N)C3)n2)C1. The van der Waals surface area contributed by atoms with Gasteiger partial charge in [0.05, 0.1) is 11.4 Å². The second kappa shape index (κ2) is 13.2. The molecule has 0 spiro atoms. The molecule has 2 aliphatic rings. The van der Waals surface area contributed by atoms with Crippen molar-refractivity contribution in [3.05, 3.63) is 54.1 Å². The molecule has 3 aromatic rings. The molecule has 0 unspecified atom stereocenters. The number of nitrogens with two attached hydrogens (primary N) is 4. The van der Waals surface area contributed by atoms with Gasteiger partial charge in [0.15, 0.2) is 0 Å². The van der Waals surface area contributed by atoms with Gasteiger partial charge in [-0.2, -0.15) is 15.0 Å². The number of nitrogens with one attached hydrogen (secondary N) is 2. The van der Waals surface area contributed by atoms with E-state index in [1.165, 1.54) is 12.1 Å². The van der Waals surface area contributed by atoms with Crippen molar-refractivity contribution in [3.63, 3.8) is 0 Å². The average molecular weight is 620 g/mol. The lowest BCUT2D eigenvalue weighted by molar-refractivity contribution is 0.441. The molecule has 0 aliphatic carbocycles. The van der Waals surface area contributed by atoms with Gasteiger partial charge < -0.3 is 43.2 Å². The maximum absolute atomic E-state index is 12.7. The number of rotatable bonds is 8. The fourth-order valence-electron chi connectivity index (χ4n) is 5.20. The first-order chi connectivity index (χ1) is 19.5. The van der Waals surface area contributed by atoms with E-state index in [4.69, 9.17) is 27.9 Å². The van der Waals surface area contributed by atoms with Gasteiger partial charge in [-0.15, -0.1) is 12.4 Å². The fraction of sp³-hybridized carbons (Fsp3) is 0.423. The molecule has 2 aromatic carbocycles. The molecule has 2 saturated heterocycles. The van der Waals surface area contributed by atoms with E-state index >= 15 is 0 Å². The van der Waals surface area contributed by atoms with Crippen molar-refractivity contribution in [2.24, 2.45) is 22.9 Å². The van der Waals surface area contributed by atoms with Crippen LogP contribution < -0.4 is 42.8 Å². The summed E-state index contributed by atoms with van der Waals surface area (Å²) in [4.78, 5) is 17.8. The topological polar surface area (TPSA) is 228 Å². The number of benzene rings is 2. The zero-order valence-electron chi connectivity index (χ0n) is 23.0. The fourth-order valence-corrected chi connectivity index (χ4v) is 6.41. The van der Waals surface area contributed by atoms with Gasteiger partial charge >= 0.3 is 0 Å². The van der Waals surface area contributed by atoms with Gasteiger partial charge in [-0.25, -0.2) is 8.42 Å². The Morgan fingerprint density at radius 2 is 1.33 bits per heavy atom. The van der Waals surface area contributed by atoms with Gasteiger partial charge in [0, 0.05) is 62.1 Å². The maximum Gasteiger partial charge on any atom is 0.237 e. The number of phenols is 1. The molecule has 42 heavy (non-hydrogen) atoms. The number of hydrogen-bond acceptors (Lipinski definition) is 13. The van der Waals surface area contributed by atoms with Gasteiger partial charge in [0.25, 0.3) is 0 Å². The summed E-state index contributed by atoms with van der Waals surface area (Å²) in [5.41, 5.74) is 26.0. The number of anilines is 5. The Morgan fingerprint density at radius 1 is 0.810 bits per heavy atom. The third-order valence-electron chi connectivity index (χ3n) is 6.93. The van der Waals surface area contributed by atoms with E-state index in [0.717, 1.165) is 0 Å². The molecule has 2 fully saturated rings. The summed E-state index contributed by atoms with van der Waals surface area (Å²) in [6.07, 6.45) is 1.41. The van der Waals surface area contributed by atoms with Crippen LogP contribution in [0.15, 0.2) is 48.5 Å². The Labute approximate surface area is 251 Å². The van der Waals surface area contributed by atoms with Crippen molar-refractivity contribution in [2.45, 2.75) is 42.8 Å². The standard InChI is InChI=1S/C26H37N11O3S.ClH/c27-17-8-18(28)12-36(11-17)25-32-24(33-26(34-25)37-13-19(29)9-20(30)14-37)31-21-6-7-22(23(38)10-21)35-41(39,40)15-16-4-2-1-3-5-16;/h1-7,10,17-20,35,38H,8-9,11-15,27-30H2,(H,31,32,33,34);1H/t17-,18+,19-,20+;. The lowest BCUT2D eigenvalue weighted by Crippen LogP contribution is -2.54. The lowest BCUT2D eigenvalue weighted by atomic mass is 10.0. The van der Waals surface area contributed by atoms with Crippen molar-refractivity contribution in [2.75, 3.05) is 46.0 Å². The Hall–Kier alpha value is -3.47. The minimum Gasteiger partial charge on any atom is -0.506 e. The van der Waals surface area contributed by atoms with E-state index in [9.17, 15) is 13.5 Å². The molecule has 0 bridgehead atoms. The van der Waals surface area contributed by atoms with Gasteiger partial charge in [-0.05, 0) is 30.5 Å². The summed E-state index contributed by atoms with van der Waals surface area (Å²) >= 11 is 0. The van der Waals surface area contributed by atoms with Crippen molar-refractivity contribution in [3.8, 4) is 5.75 Å². The molecule has 11 N–H and O–H groups in total. The molecule has 228 valence electrons. The van der Waals surface area contributed by atoms with E-state index in [-0.39, 0.29) is 59.7 Å². The second-order valence-corrected chi connectivity index (χ2v) is 12.5. The monoisotopic (exact) mass is 619 g/mol. The number of aromatic nitrogens is 3. The number of nitrogens with zero attached hydrogens (tertiary/aromatic N) is 5.